The van der Waals surface area contributed by atoms with Crippen LogP contribution < -0.4 is 5.32 Å². The third-order valence-electron chi connectivity index (χ3n) is 3.40. The van der Waals surface area contributed by atoms with Gasteiger partial charge in [-0.05, 0) is 36.8 Å². The molecule has 16 heavy (non-hydrogen) atoms. The van der Waals surface area contributed by atoms with Crippen molar-refractivity contribution in [2.45, 2.75) is 32.7 Å². The Morgan fingerprint density at radius 1 is 1.50 bits per heavy atom. The van der Waals surface area contributed by atoms with Gasteiger partial charge in [-0.25, -0.2) is 0 Å². The fourth-order valence-electron chi connectivity index (χ4n) is 2.37. The van der Waals surface area contributed by atoms with Crippen LogP contribution in [-0.2, 0) is 6.42 Å². The van der Waals surface area contributed by atoms with E-state index in [2.05, 4.69) is 37.4 Å². The summed E-state index contributed by atoms with van der Waals surface area (Å²) < 4.78 is 0. The fourth-order valence-corrected chi connectivity index (χ4v) is 2.37. The number of rotatable bonds is 4. The first-order chi connectivity index (χ1) is 7.70. The lowest BCUT2D eigenvalue weighted by Gasteiger charge is -2.16. The normalized spacial score (nSPS) is 20.8. The molecule has 0 bridgehead atoms. The van der Waals surface area contributed by atoms with Crippen LogP contribution in [0.15, 0.2) is 18.2 Å². The van der Waals surface area contributed by atoms with Crippen LogP contribution in [0.25, 0.3) is 0 Å². The number of aryl methyl sites for hydroxylation is 2. The summed E-state index contributed by atoms with van der Waals surface area (Å²) in [5.74, 6) is 0.342. The Hall–Kier alpha value is -0.860. The SMILES string of the molecule is Cc1ccc2c(c1)CCC2NCC(C)CO. The Morgan fingerprint density at radius 2 is 2.31 bits per heavy atom. The average Bonchev–Trinajstić information content (AvgIpc) is 2.68. The van der Waals surface area contributed by atoms with Crippen LogP contribution in [0.1, 0.15) is 36.1 Å². The van der Waals surface area contributed by atoms with E-state index in [9.17, 15) is 0 Å². The first-order valence-electron chi connectivity index (χ1n) is 6.14. The van der Waals surface area contributed by atoms with Crippen molar-refractivity contribution in [2.24, 2.45) is 5.92 Å². The molecule has 0 saturated heterocycles. The standard InChI is InChI=1S/C14H21NO/c1-10-3-5-13-12(7-10)4-6-14(13)15-8-11(2)9-16/h3,5,7,11,14-16H,4,6,8-9H2,1-2H3. The summed E-state index contributed by atoms with van der Waals surface area (Å²) in [5.41, 5.74) is 4.30. The summed E-state index contributed by atoms with van der Waals surface area (Å²) in [6.07, 6.45) is 2.37. The maximum absolute atomic E-state index is 9.00. The van der Waals surface area contributed by atoms with Gasteiger partial charge in [0.2, 0.25) is 0 Å². The predicted molar refractivity (Wildman–Crippen MR) is 66.5 cm³/mol. The maximum Gasteiger partial charge on any atom is 0.0468 e. The molecule has 2 atom stereocenters. The molecule has 2 N–H and O–H groups in total. The third kappa shape index (κ3) is 2.45. The van der Waals surface area contributed by atoms with Gasteiger partial charge in [0, 0.05) is 19.2 Å². The molecule has 2 rings (SSSR count). The van der Waals surface area contributed by atoms with Gasteiger partial charge in [-0.1, -0.05) is 30.7 Å². The number of hydrogen-bond acceptors (Lipinski definition) is 2. The van der Waals surface area contributed by atoms with Gasteiger partial charge in [-0.3, -0.25) is 0 Å². The summed E-state index contributed by atoms with van der Waals surface area (Å²) in [6, 6.07) is 7.23. The van der Waals surface area contributed by atoms with Crippen molar-refractivity contribution in [1.29, 1.82) is 0 Å². The second kappa shape index (κ2) is 4.98. The summed E-state index contributed by atoms with van der Waals surface area (Å²) in [4.78, 5) is 0. The highest BCUT2D eigenvalue weighted by Gasteiger charge is 2.21. The lowest BCUT2D eigenvalue weighted by atomic mass is 10.0. The van der Waals surface area contributed by atoms with Crippen molar-refractivity contribution in [1.82, 2.24) is 5.32 Å². The van der Waals surface area contributed by atoms with E-state index in [4.69, 9.17) is 5.11 Å². The summed E-state index contributed by atoms with van der Waals surface area (Å²) in [6.45, 7) is 5.38. The molecule has 1 aliphatic carbocycles. The second-order valence-corrected chi connectivity index (χ2v) is 4.99. The summed E-state index contributed by atoms with van der Waals surface area (Å²) in [7, 11) is 0. The van der Waals surface area contributed by atoms with Crippen LogP contribution in [0.2, 0.25) is 0 Å². The van der Waals surface area contributed by atoms with Crippen molar-refractivity contribution in [2.75, 3.05) is 13.2 Å². The minimum atomic E-state index is 0.264. The Bertz CT molecular complexity index is 362. The molecule has 0 spiro atoms. The van der Waals surface area contributed by atoms with E-state index in [0.29, 0.717) is 12.0 Å². The van der Waals surface area contributed by atoms with Crippen LogP contribution in [0.4, 0.5) is 0 Å². The molecular formula is C14H21NO. The van der Waals surface area contributed by atoms with E-state index in [1.807, 2.05) is 0 Å². The predicted octanol–water partition coefficient (Wildman–Crippen LogP) is 2.20. The average molecular weight is 219 g/mol. The lowest BCUT2D eigenvalue weighted by Crippen LogP contribution is -2.26. The number of aliphatic hydroxyl groups is 1. The minimum absolute atomic E-state index is 0.264. The molecule has 1 aromatic rings. The Balaban J connectivity index is 2.01. The zero-order chi connectivity index (χ0) is 11.5. The molecule has 1 aliphatic rings. The molecule has 2 nitrogen and oxygen atoms in total. The first-order valence-corrected chi connectivity index (χ1v) is 6.14. The maximum atomic E-state index is 9.00. The molecule has 0 fully saturated rings. The number of fused-ring (bicyclic) bond motifs is 1. The van der Waals surface area contributed by atoms with Gasteiger partial charge >= 0.3 is 0 Å². The Kier molecular flexibility index (Phi) is 3.62. The monoisotopic (exact) mass is 219 g/mol. The fraction of sp³-hybridized carbons (Fsp3) is 0.571. The molecule has 0 aliphatic heterocycles. The summed E-state index contributed by atoms with van der Waals surface area (Å²) in [5, 5.41) is 12.5. The topological polar surface area (TPSA) is 32.3 Å². The van der Waals surface area contributed by atoms with Crippen molar-refractivity contribution in [3.8, 4) is 0 Å². The minimum Gasteiger partial charge on any atom is -0.396 e. The zero-order valence-electron chi connectivity index (χ0n) is 10.2. The van der Waals surface area contributed by atoms with Crippen LogP contribution in [0, 0.1) is 12.8 Å². The van der Waals surface area contributed by atoms with Crippen LogP contribution >= 0.6 is 0 Å². The van der Waals surface area contributed by atoms with Crippen molar-refractivity contribution >= 4 is 0 Å². The Morgan fingerprint density at radius 3 is 3.06 bits per heavy atom. The van der Waals surface area contributed by atoms with Gasteiger partial charge in [0.1, 0.15) is 0 Å². The van der Waals surface area contributed by atoms with E-state index >= 15 is 0 Å². The first kappa shape index (κ1) is 11.6. The van der Waals surface area contributed by atoms with E-state index in [0.717, 1.165) is 6.54 Å². The van der Waals surface area contributed by atoms with Crippen molar-refractivity contribution in [3.05, 3.63) is 34.9 Å². The van der Waals surface area contributed by atoms with E-state index in [1.54, 1.807) is 0 Å². The van der Waals surface area contributed by atoms with Gasteiger partial charge < -0.3 is 10.4 Å². The largest absolute Gasteiger partial charge is 0.396 e. The van der Waals surface area contributed by atoms with Crippen molar-refractivity contribution in [3.63, 3.8) is 0 Å². The van der Waals surface area contributed by atoms with Gasteiger partial charge in [0.15, 0.2) is 0 Å². The molecule has 1 aromatic carbocycles. The molecule has 2 unspecified atom stereocenters. The van der Waals surface area contributed by atoms with Crippen molar-refractivity contribution < 1.29 is 5.11 Å². The van der Waals surface area contributed by atoms with Gasteiger partial charge in [0.25, 0.3) is 0 Å². The molecule has 2 heteroatoms. The number of hydrogen-bond donors (Lipinski definition) is 2. The molecular weight excluding hydrogens is 198 g/mol. The summed E-state index contributed by atoms with van der Waals surface area (Å²) >= 11 is 0. The number of benzene rings is 1. The number of aliphatic hydroxyl groups excluding tert-OH is 1. The van der Waals surface area contributed by atoms with Gasteiger partial charge in [-0.15, -0.1) is 0 Å². The molecule has 88 valence electrons. The Labute approximate surface area is 97.7 Å². The third-order valence-corrected chi connectivity index (χ3v) is 3.40. The van der Waals surface area contributed by atoms with Gasteiger partial charge in [0.05, 0.1) is 0 Å². The molecule has 0 heterocycles. The zero-order valence-corrected chi connectivity index (χ0v) is 10.2. The van der Waals surface area contributed by atoms with Crippen LogP contribution in [-0.4, -0.2) is 18.3 Å². The quantitative estimate of drug-likeness (QED) is 0.813. The van der Waals surface area contributed by atoms with E-state index < -0.39 is 0 Å². The van der Waals surface area contributed by atoms with Crippen LogP contribution in [0.3, 0.4) is 0 Å². The molecule has 0 amide bonds. The highest BCUT2D eigenvalue weighted by molar-refractivity contribution is 5.37. The van der Waals surface area contributed by atoms with E-state index in [-0.39, 0.29) is 6.61 Å². The second-order valence-electron chi connectivity index (χ2n) is 4.99. The highest BCUT2D eigenvalue weighted by atomic mass is 16.3. The molecule has 0 aromatic heterocycles. The van der Waals surface area contributed by atoms with E-state index in [1.165, 1.54) is 29.5 Å². The van der Waals surface area contributed by atoms with Crippen LogP contribution in [0.5, 0.6) is 0 Å². The lowest BCUT2D eigenvalue weighted by molar-refractivity contribution is 0.230. The highest BCUT2D eigenvalue weighted by Crippen LogP contribution is 2.31. The molecule has 0 saturated carbocycles. The smallest absolute Gasteiger partial charge is 0.0468 e. The number of nitrogens with one attached hydrogen (secondary N) is 1. The van der Waals surface area contributed by atoms with Gasteiger partial charge in [-0.2, -0.15) is 0 Å². The molecule has 0 radical (unpaired) electrons.